The smallest absolute Gasteiger partial charge is 0.326 e. The van der Waals surface area contributed by atoms with Gasteiger partial charge in [-0.3, -0.25) is 9.59 Å². The molecule has 0 spiro atoms. The summed E-state index contributed by atoms with van der Waals surface area (Å²) in [6.07, 6.45) is -3.89. The topological polar surface area (TPSA) is 58.2 Å². The second-order valence-electron chi connectivity index (χ2n) is 4.26. The molecule has 2 N–H and O–H groups in total. The van der Waals surface area contributed by atoms with Gasteiger partial charge in [-0.05, 0) is 24.6 Å². The second kappa shape index (κ2) is 6.55. The molecule has 2 amide bonds. The predicted molar refractivity (Wildman–Crippen MR) is 69.7 cm³/mol. The van der Waals surface area contributed by atoms with Gasteiger partial charge < -0.3 is 10.6 Å². The van der Waals surface area contributed by atoms with E-state index in [4.69, 9.17) is 0 Å². The van der Waals surface area contributed by atoms with Crippen LogP contribution in [0.15, 0.2) is 18.2 Å². The number of amides is 2. The summed E-state index contributed by atoms with van der Waals surface area (Å²) in [5, 5.41) is 4.25. The fraction of sp³-hybridized carbons (Fsp3) is 0.385. The number of nitrogens with one attached hydrogen (secondary N) is 2. The van der Waals surface area contributed by atoms with Crippen molar-refractivity contribution in [2.75, 3.05) is 10.6 Å². The Labute approximate surface area is 118 Å². The maximum Gasteiger partial charge on any atom is 0.383 e. The Morgan fingerprint density at radius 3 is 2.19 bits per heavy atom. The number of anilines is 2. The van der Waals surface area contributed by atoms with E-state index in [2.05, 4.69) is 5.32 Å². The number of hydrogen-bond donors (Lipinski definition) is 2. The molecule has 0 fully saturated rings. The van der Waals surface area contributed by atoms with Crippen LogP contribution in [-0.2, 0) is 9.59 Å². The zero-order valence-electron chi connectivity index (χ0n) is 11.3. The third kappa shape index (κ3) is 3.93. The van der Waals surface area contributed by atoms with Gasteiger partial charge in [0, 0.05) is 17.8 Å². The molecule has 4 nitrogen and oxygen atoms in total. The third-order valence-electron chi connectivity index (χ3n) is 2.75. The molecule has 0 bridgehead atoms. The molecule has 0 aliphatic rings. The van der Waals surface area contributed by atoms with Crippen molar-refractivity contribution >= 4 is 23.2 Å². The van der Waals surface area contributed by atoms with Gasteiger partial charge in [-0.25, -0.2) is 8.78 Å². The summed E-state index contributed by atoms with van der Waals surface area (Å²) in [5.41, 5.74) is 0.520. The first-order valence-corrected chi connectivity index (χ1v) is 6.07. The highest BCUT2D eigenvalue weighted by molar-refractivity contribution is 5.98. The summed E-state index contributed by atoms with van der Waals surface area (Å²) in [4.78, 5) is 22.5. The van der Waals surface area contributed by atoms with E-state index >= 15 is 0 Å². The third-order valence-corrected chi connectivity index (χ3v) is 2.75. The average Bonchev–Trinajstić information content (AvgIpc) is 2.42. The number of halogens is 4. The van der Waals surface area contributed by atoms with Crippen molar-refractivity contribution in [3.05, 3.63) is 23.8 Å². The van der Waals surface area contributed by atoms with Gasteiger partial charge in [0.15, 0.2) is 0 Å². The lowest BCUT2D eigenvalue weighted by atomic mass is 10.1. The van der Waals surface area contributed by atoms with Gasteiger partial charge in [-0.2, -0.15) is 8.78 Å². The molecule has 0 heterocycles. The Bertz CT molecular complexity index is 547. The van der Waals surface area contributed by atoms with Gasteiger partial charge in [0.1, 0.15) is 0 Å². The summed E-state index contributed by atoms with van der Waals surface area (Å²) >= 11 is 0. The van der Waals surface area contributed by atoms with Crippen molar-refractivity contribution in [1.82, 2.24) is 0 Å². The minimum Gasteiger partial charge on any atom is -0.326 e. The van der Waals surface area contributed by atoms with Crippen LogP contribution in [0.2, 0.25) is 0 Å². The quantitative estimate of drug-likeness (QED) is 0.821. The molecule has 0 radical (unpaired) electrons. The maximum absolute atomic E-state index is 12.9. The lowest BCUT2D eigenvalue weighted by Crippen LogP contribution is -2.41. The van der Waals surface area contributed by atoms with Crippen LogP contribution >= 0.6 is 0 Å². The lowest BCUT2D eigenvalue weighted by molar-refractivity contribution is -0.163. The molecular weight excluding hydrogens is 292 g/mol. The molecule has 0 aromatic heterocycles. The number of rotatable bonds is 5. The van der Waals surface area contributed by atoms with E-state index in [1.54, 1.807) is 12.2 Å². The molecule has 0 aliphatic carbocycles. The first kappa shape index (κ1) is 16.9. The average molecular weight is 306 g/mol. The van der Waals surface area contributed by atoms with Crippen molar-refractivity contribution in [1.29, 1.82) is 0 Å². The van der Waals surface area contributed by atoms with Gasteiger partial charge in [0.25, 0.3) is 0 Å². The van der Waals surface area contributed by atoms with E-state index in [0.717, 1.165) is 0 Å². The zero-order chi connectivity index (χ0) is 16.2. The summed E-state index contributed by atoms with van der Waals surface area (Å²) in [5.74, 6) is -7.19. The highest BCUT2D eigenvalue weighted by Crippen LogP contribution is 2.28. The van der Waals surface area contributed by atoms with Crippen LogP contribution in [0.3, 0.4) is 0 Å². The van der Waals surface area contributed by atoms with Gasteiger partial charge >= 0.3 is 18.3 Å². The van der Waals surface area contributed by atoms with Crippen LogP contribution in [0.1, 0.15) is 18.9 Å². The van der Waals surface area contributed by atoms with E-state index in [0.29, 0.717) is 5.69 Å². The molecule has 8 heteroatoms. The van der Waals surface area contributed by atoms with Crippen molar-refractivity contribution in [2.24, 2.45) is 0 Å². The van der Waals surface area contributed by atoms with Crippen LogP contribution < -0.4 is 10.6 Å². The van der Waals surface area contributed by atoms with Gasteiger partial charge in [0.05, 0.1) is 0 Å². The summed E-state index contributed by atoms with van der Waals surface area (Å²) in [6.45, 7) is 3.08. The molecular formula is C13H14F4N2O2. The van der Waals surface area contributed by atoms with Crippen LogP contribution in [0.4, 0.5) is 28.9 Å². The number of benzene rings is 1. The standard InChI is InChI=1S/C13H14F4N2O2/c1-3-10(20)18-8-5-4-6-9(7(8)2)19-12(21)13(16,17)11(14)15/h4-6,11H,3H2,1-2H3,(H,18,20)(H,19,21). The fourth-order valence-corrected chi connectivity index (χ4v) is 1.45. The Morgan fingerprint density at radius 2 is 1.71 bits per heavy atom. The Balaban J connectivity index is 2.98. The van der Waals surface area contributed by atoms with Crippen LogP contribution in [0, 0.1) is 6.92 Å². The number of carbonyl (C=O) groups is 2. The highest BCUT2D eigenvalue weighted by Gasteiger charge is 2.49. The monoisotopic (exact) mass is 306 g/mol. The fourth-order valence-electron chi connectivity index (χ4n) is 1.45. The lowest BCUT2D eigenvalue weighted by Gasteiger charge is -2.17. The van der Waals surface area contributed by atoms with Gasteiger partial charge in [-0.15, -0.1) is 0 Å². The molecule has 0 saturated carbocycles. The van der Waals surface area contributed by atoms with Crippen molar-refractivity contribution in [3.63, 3.8) is 0 Å². The number of hydrogen-bond acceptors (Lipinski definition) is 2. The first-order valence-electron chi connectivity index (χ1n) is 6.07. The summed E-state index contributed by atoms with van der Waals surface area (Å²) < 4.78 is 50.0. The van der Waals surface area contributed by atoms with E-state index in [9.17, 15) is 27.2 Å². The number of carbonyl (C=O) groups excluding carboxylic acids is 2. The van der Waals surface area contributed by atoms with Crippen molar-refractivity contribution < 1.29 is 27.2 Å². The first-order chi connectivity index (χ1) is 9.70. The molecule has 0 saturated heterocycles. The van der Waals surface area contributed by atoms with Gasteiger partial charge in [0.2, 0.25) is 5.91 Å². The largest absolute Gasteiger partial charge is 0.383 e. The molecule has 21 heavy (non-hydrogen) atoms. The van der Waals surface area contributed by atoms with Crippen molar-refractivity contribution in [2.45, 2.75) is 32.6 Å². The summed E-state index contributed by atoms with van der Waals surface area (Å²) in [7, 11) is 0. The minimum atomic E-state index is -4.78. The van der Waals surface area contributed by atoms with E-state index < -0.39 is 18.3 Å². The molecule has 0 aliphatic heterocycles. The molecule has 1 rings (SSSR count). The molecule has 116 valence electrons. The van der Waals surface area contributed by atoms with Gasteiger partial charge in [-0.1, -0.05) is 13.0 Å². The van der Waals surface area contributed by atoms with Crippen LogP contribution in [0.5, 0.6) is 0 Å². The second-order valence-corrected chi connectivity index (χ2v) is 4.26. The number of alkyl halides is 4. The summed E-state index contributed by atoms with van der Waals surface area (Å²) in [6, 6.07) is 4.18. The molecule has 1 aromatic rings. The SMILES string of the molecule is CCC(=O)Nc1cccc(NC(=O)C(F)(F)C(F)F)c1C. The van der Waals surface area contributed by atoms with E-state index in [-0.39, 0.29) is 23.6 Å². The van der Waals surface area contributed by atoms with E-state index in [1.165, 1.54) is 25.1 Å². The van der Waals surface area contributed by atoms with E-state index in [1.807, 2.05) is 0 Å². The molecule has 1 aromatic carbocycles. The predicted octanol–water partition coefficient (Wildman–Crippen LogP) is 3.18. The zero-order valence-corrected chi connectivity index (χ0v) is 11.3. The Kier molecular flexibility index (Phi) is 5.28. The molecule has 0 unspecified atom stereocenters. The Hall–Kier alpha value is -2.12. The van der Waals surface area contributed by atoms with Crippen molar-refractivity contribution in [3.8, 4) is 0 Å². The normalized spacial score (nSPS) is 11.4. The minimum absolute atomic E-state index is 0.0748. The maximum atomic E-state index is 12.9. The molecule has 0 atom stereocenters. The van der Waals surface area contributed by atoms with Crippen LogP contribution in [0.25, 0.3) is 0 Å². The highest BCUT2D eigenvalue weighted by atomic mass is 19.3. The Morgan fingerprint density at radius 1 is 1.19 bits per heavy atom. The van der Waals surface area contributed by atoms with Crippen LogP contribution in [-0.4, -0.2) is 24.2 Å².